The molecule has 4 heteroatoms. The summed E-state index contributed by atoms with van der Waals surface area (Å²) in [4.78, 5) is 0. The molecule has 0 fully saturated rings. The molecule has 1 aliphatic rings. The summed E-state index contributed by atoms with van der Waals surface area (Å²) in [5.74, 6) is 2.84. The molecule has 1 aromatic rings. The van der Waals surface area contributed by atoms with E-state index >= 15 is 0 Å². The van der Waals surface area contributed by atoms with Gasteiger partial charge in [0.05, 0.1) is 12.6 Å². The third kappa shape index (κ3) is 1.43. The van der Waals surface area contributed by atoms with E-state index in [1.807, 2.05) is 0 Å². The molecule has 0 aromatic carbocycles. The molecule has 0 saturated carbocycles. The molecule has 1 aliphatic heterocycles. The second-order valence-corrected chi connectivity index (χ2v) is 4.20. The van der Waals surface area contributed by atoms with Crippen molar-refractivity contribution in [3.63, 3.8) is 0 Å². The molecule has 14 heavy (non-hydrogen) atoms. The molecule has 0 saturated heterocycles. The van der Waals surface area contributed by atoms with Gasteiger partial charge in [0.25, 0.3) is 0 Å². The first kappa shape index (κ1) is 9.65. The number of hydrogen-bond acceptors (Lipinski definition) is 3. The van der Waals surface area contributed by atoms with Gasteiger partial charge >= 0.3 is 0 Å². The van der Waals surface area contributed by atoms with E-state index in [1.165, 1.54) is 0 Å². The largest absolute Gasteiger partial charge is 0.309 e. The fourth-order valence-electron chi connectivity index (χ4n) is 2.06. The van der Waals surface area contributed by atoms with Gasteiger partial charge in [0.1, 0.15) is 11.6 Å². The van der Waals surface area contributed by atoms with Crippen molar-refractivity contribution < 1.29 is 0 Å². The van der Waals surface area contributed by atoms with E-state index in [1.54, 1.807) is 0 Å². The van der Waals surface area contributed by atoms with Gasteiger partial charge in [-0.05, 0) is 5.92 Å². The van der Waals surface area contributed by atoms with Crippen molar-refractivity contribution in [3.05, 3.63) is 11.6 Å². The van der Waals surface area contributed by atoms with E-state index in [-0.39, 0.29) is 0 Å². The van der Waals surface area contributed by atoms with Gasteiger partial charge in [-0.1, -0.05) is 20.8 Å². The molecule has 2 heterocycles. The lowest BCUT2D eigenvalue weighted by Crippen LogP contribution is -2.36. The standard InChI is InChI=1S/C10H18N4/c1-4-9-12-13-10-6-11-5-8(7(2)3)14(9)10/h7-8,11H,4-6H2,1-3H3. The first-order valence-electron chi connectivity index (χ1n) is 5.37. The molecule has 0 spiro atoms. The van der Waals surface area contributed by atoms with E-state index in [4.69, 9.17) is 0 Å². The highest BCUT2D eigenvalue weighted by Gasteiger charge is 2.25. The van der Waals surface area contributed by atoms with Crippen LogP contribution in [0.1, 0.15) is 38.5 Å². The van der Waals surface area contributed by atoms with Crippen LogP contribution < -0.4 is 5.32 Å². The summed E-state index contributed by atoms with van der Waals surface area (Å²) in [6.07, 6.45) is 0.968. The summed E-state index contributed by atoms with van der Waals surface area (Å²) in [6.45, 7) is 8.53. The summed E-state index contributed by atoms with van der Waals surface area (Å²) < 4.78 is 2.32. The minimum absolute atomic E-state index is 0.517. The monoisotopic (exact) mass is 194 g/mol. The van der Waals surface area contributed by atoms with Crippen molar-refractivity contribution in [3.8, 4) is 0 Å². The molecule has 2 rings (SSSR count). The highest BCUT2D eigenvalue weighted by molar-refractivity contribution is 5.02. The Morgan fingerprint density at radius 3 is 2.93 bits per heavy atom. The molecule has 78 valence electrons. The second-order valence-electron chi connectivity index (χ2n) is 4.20. The van der Waals surface area contributed by atoms with E-state index in [9.17, 15) is 0 Å². The van der Waals surface area contributed by atoms with Crippen molar-refractivity contribution in [2.24, 2.45) is 5.92 Å². The van der Waals surface area contributed by atoms with Gasteiger partial charge in [0.15, 0.2) is 0 Å². The average Bonchev–Trinajstić information content (AvgIpc) is 2.59. The Bertz CT molecular complexity index is 302. The first-order valence-corrected chi connectivity index (χ1v) is 5.37. The SMILES string of the molecule is CCc1nnc2n1C(C(C)C)CNC2. The molecule has 0 radical (unpaired) electrons. The third-order valence-electron chi connectivity index (χ3n) is 2.89. The summed E-state index contributed by atoms with van der Waals surface area (Å²) >= 11 is 0. The molecule has 1 aromatic heterocycles. The van der Waals surface area contributed by atoms with E-state index < -0.39 is 0 Å². The van der Waals surface area contributed by atoms with Crippen molar-refractivity contribution in [1.29, 1.82) is 0 Å². The fourth-order valence-corrected chi connectivity index (χ4v) is 2.06. The first-order chi connectivity index (χ1) is 6.74. The zero-order valence-electron chi connectivity index (χ0n) is 9.12. The zero-order valence-corrected chi connectivity index (χ0v) is 9.12. The Morgan fingerprint density at radius 1 is 1.50 bits per heavy atom. The van der Waals surface area contributed by atoms with Crippen LogP contribution in [0.5, 0.6) is 0 Å². The minimum atomic E-state index is 0.517. The van der Waals surface area contributed by atoms with Gasteiger partial charge in [-0.25, -0.2) is 0 Å². The van der Waals surface area contributed by atoms with Crippen LogP contribution in [0.25, 0.3) is 0 Å². The van der Waals surface area contributed by atoms with Crippen LogP contribution in [0.4, 0.5) is 0 Å². The Kier molecular flexibility index (Phi) is 2.54. The van der Waals surface area contributed by atoms with E-state index in [0.717, 1.165) is 31.2 Å². The molecule has 0 aliphatic carbocycles. The summed E-state index contributed by atoms with van der Waals surface area (Å²) in [5, 5.41) is 11.8. The summed E-state index contributed by atoms with van der Waals surface area (Å²) in [5.41, 5.74) is 0. The molecular formula is C10H18N4. The van der Waals surface area contributed by atoms with Crippen LogP contribution in [0, 0.1) is 5.92 Å². The Balaban J connectivity index is 2.40. The number of rotatable bonds is 2. The molecule has 1 atom stereocenters. The van der Waals surface area contributed by atoms with Gasteiger partial charge in [-0.2, -0.15) is 0 Å². The van der Waals surface area contributed by atoms with Crippen molar-refractivity contribution >= 4 is 0 Å². The Labute approximate surface area is 84.7 Å². The number of aryl methyl sites for hydroxylation is 1. The van der Waals surface area contributed by atoms with Crippen LogP contribution in [-0.4, -0.2) is 21.3 Å². The van der Waals surface area contributed by atoms with Crippen LogP contribution in [0.15, 0.2) is 0 Å². The normalized spacial score (nSPS) is 21.3. The molecule has 4 nitrogen and oxygen atoms in total. The smallest absolute Gasteiger partial charge is 0.147 e. The maximum absolute atomic E-state index is 4.22. The highest BCUT2D eigenvalue weighted by atomic mass is 15.3. The minimum Gasteiger partial charge on any atom is -0.309 e. The Hall–Kier alpha value is -0.900. The topological polar surface area (TPSA) is 42.7 Å². The quantitative estimate of drug-likeness (QED) is 0.767. The van der Waals surface area contributed by atoms with Gasteiger partial charge in [-0.15, -0.1) is 10.2 Å². The van der Waals surface area contributed by atoms with Gasteiger partial charge in [-0.3, -0.25) is 0 Å². The lowest BCUT2D eigenvalue weighted by molar-refractivity contribution is 0.308. The third-order valence-corrected chi connectivity index (χ3v) is 2.89. The molecule has 0 bridgehead atoms. The lowest BCUT2D eigenvalue weighted by atomic mass is 10.0. The summed E-state index contributed by atoms with van der Waals surface area (Å²) in [6, 6.07) is 0.517. The summed E-state index contributed by atoms with van der Waals surface area (Å²) in [7, 11) is 0. The number of aromatic nitrogens is 3. The van der Waals surface area contributed by atoms with Crippen LogP contribution in [-0.2, 0) is 13.0 Å². The predicted molar refractivity (Wildman–Crippen MR) is 55.0 cm³/mol. The lowest BCUT2D eigenvalue weighted by Gasteiger charge is -2.29. The van der Waals surface area contributed by atoms with Crippen molar-refractivity contribution in [2.45, 2.75) is 39.8 Å². The number of nitrogens with one attached hydrogen (secondary N) is 1. The van der Waals surface area contributed by atoms with Crippen LogP contribution in [0.3, 0.4) is 0 Å². The number of nitrogens with zero attached hydrogens (tertiary/aromatic N) is 3. The van der Waals surface area contributed by atoms with Crippen molar-refractivity contribution in [2.75, 3.05) is 6.54 Å². The molecular weight excluding hydrogens is 176 g/mol. The van der Waals surface area contributed by atoms with Gasteiger partial charge in [0, 0.05) is 13.0 Å². The second kappa shape index (κ2) is 3.69. The number of hydrogen-bond donors (Lipinski definition) is 1. The zero-order chi connectivity index (χ0) is 10.1. The fraction of sp³-hybridized carbons (Fsp3) is 0.800. The van der Waals surface area contributed by atoms with Crippen LogP contribution in [0.2, 0.25) is 0 Å². The van der Waals surface area contributed by atoms with E-state index in [0.29, 0.717) is 12.0 Å². The van der Waals surface area contributed by atoms with Gasteiger partial charge in [0.2, 0.25) is 0 Å². The molecule has 0 amide bonds. The van der Waals surface area contributed by atoms with E-state index in [2.05, 4.69) is 40.9 Å². The van der Waals surface area contributed by atoms with Crippen LogP contribution >= 0.6 is 0 Å². The highest BCUT2D eigenvalue weighted by Crippen LogP contribution is 2.23. The molecule has 1 N–H and O–H groups in total. The predicted octanol–water partition coefficient (Wildman–Crippen LogP) is 1.14. The maximum atomic E-state index is 4.22. The van der Waals surface area contributed by atoms with Gasteiger partial charge < -0.3 is 9.88 Å². The average molecular weight is 194 g/mol. The Morgan fingerprint density at radius 2 is 2.29 bits per heavy atom. The molecule has 1 unspecified atom stereocenters. The maximum Gasteiger partial charge on any atom is 0.147 e. The number of fused-ring (bicyclic) bond motifs is 1. The van der Waals surface area contributed by atoms with Crippen molar-refractivity contribution in [1.82, 2.24) is 20.1 Å².